The van der Waals surface area contributed by atoms with Crippen molar-refractivity contribution in [3.05, 3.63) is 11.0 Å². The lowest BCUT2D eigenvalue weighted by Gasteiger charge is -2.37. The minimum absolute atomic E-state index is 0.705. The maximum atomic E-state index is 14.0. The molecule has 0 saturated carbocycles. The van der Waals surface area contributed by atoms with Gasteiger partial charge in [0.05, 0.1) is 4.91 Å². The molecular weight excluding hydrogens is 491 g/mol. The second kappa shape index (κ2) is 9.07. The van der Waals surface area contributed by atoms with Gasteiger partial charge in [0.2, 0.25) is 5.91 Å². The van der Waals surface area contributed by atoms with Crippen molar-refractivity contribution in [2.45, 2.75) is 42.8 Å². The molecule has 31 heavy (non-hydrogen) atoms. The number of halogens is 11. The van der Waals surface area contributed by atoms with Gasteiger partial charge in [0.1, 0.15) is 6.04 Å². The second-order valence-corrected chi connectivity index (χ2v) is 6.61. The molecule has 0 spiro atoms. The zero-order valence-corrected chi connectivity index (χ0v) is 15.4. The molecule has 180 valence electrons. The minimum Gasteiger partial charge on any atom is -0.480 e. The van der Waals surface area contributed by atoms with Gasteiger partial charge in [0, 0.05) is 18.8 Å². The van der Waals surface area contributed by atoms with Crippen LogP contribution in [0.25, 0.3) is 0 Å². The first-order valence-electron chi connectivity index (χ1n) is 7.19. The zero-order valence-electron chi connectivity index (χ0n) is 14.5. The molecule has 0 fully saturated rings. The Morgan fingerprint density at radius 2 is 1.32 bits per heavy atom. The maximum absolute atomic E-state index is 14.0. The van der Waals surface area contributed by atoms with E-state index in [-0.39, 0.29) is 0 Å². The molecule has 6 nitrogen and oxygen atoms in total. The molecule has 1 atom stereocenters. The van der Waals surface area contributed by atoms with Gasteiger partial charge in [0.15, 0.2) is 0 Å². The third kappa shape index (κ3) is 5.70. The van der Waals surface area contributed by atoms with Gasteiger partial charge in [-0.3, -0.25) is 4.79 Å². The third-order valence-electron chi connectivity index (χ3n) is 3.18. The van der Waals surface area contributed by atoms with Crippen molar-refractivity contribution in [3.8, 4) is 0 Å². The zero-order chi connectivity index (χ0) is 25.2. The van der Waals surface area contributed by atoms with Crippen LogP contribution in [0.2, 0.25) is 0 Å². The summed E-state index contributed by atoms with van der Waals surface area (Å²) in [5.74, 6) is -36.7. The molecule has 0 aromatic heterocycles. The molecule has 3 N–H and O–H groups in total. The molecule has 0 aliphatic heterocycles. The molecule has 0 aromatic rings. The van der Waals surface area contributed by atoms with Crippen molar-refractivity contribution < 1.29 is 72.9 Å². The lowest BCUT2D eigenvalue weighted by Crippen LogP contribution is -2.66. The van der Waals surface area contributed by atoms with Crippen LogP contribution in [-0.4, -0.2) is 69.7 Å². The molecule has 18 heteroatoms. The third-order valence-corrected chi connectivity index (χ3v) is 4.37. The highest BCUT2D eigenvalue weighted by Crippen LogP contribution is 2.59. The van der Waals surface area contributed by atoms with E-state index in [9.17, 15) is 62.7 Å². The van der Waals surface area contributed by atoms with E-state index in [0.717, 1.165) is 0 Å². The molecule has 0 aromatic carbocycles. The summed E-state index contributed by atoms with van der Waals surface area (Å²) in [6.07, 6.45) is -8.31. The molecule has 0 rings (SSSR count). The Balaban J connectivity index is 6.33. The topological polar surface area (TPSA) is 104 Å². The normalized spacial score (nSPS) is 15.4. The Morgan fingerprint density at radius 3 is 1.65 bits per heavy atom. The van der Waals surface area contributed by atoms with Crippen LogP contribution < -0.4 is 5.32 Å². The van der Waals surface area contributed by atoms with Crippen LogP contribution >= 0.6 is 11.8 Å². The molecule has 1 unspecified atom stereocenters. The molecule has 0 aliphatic carbocycles. The van der Waals surface area contributed by atoms with Crippen LogP contribution in [0.15, 0.2) is 11.0 Å². The number of carboxylic acid groups (broad SMARTS) is 2. The summed E-state index contributed by atoms with van der Waals surface area (Å²) in [6, 6.07) is -2.19. The lowest BCUT2D eigenvalue weighted by molar-refractivity contribution is -0.417. The Morgan fingerprint density at radius 1 is 0.871 bits per heavy atom. The smallest absolute Gasteiger partial charge is 0.460 e. The number of amides is 1. The number of carbonyl (C=O) groups is 3. The second-order valence-electron chi connectivity index (χ2n) is 5.54. The van der Waals surface area contributed by atoms with Gasteiger partial charge in [-0.05, 0) is 0 Å². The standard InChI is InChI=1S/C13H10F11NO5S/c1-4(26)25-5(8(29)30)3-31-6(2-7(27)28)9(14,15)10(16,17)11(18,19)12(20,21)13(22,23)24/h2,5H,3H2,1H3,(H,25,26)(H,27,28)(H,29,30)/b6-2-. The fourth-order valence-corrected chi connectivity index (χ4v) is 2.72. The summed E-state index contributed by atoms with van der Waals surface area (Å²) in [5, 5.41) is 18.8. The van der Waals surface area contributed by atoms with Gasteiger partial charge in [-0.1, -0.05) is 0 Å². The fourth-order valence-electron chi connectivity index (χ4n) is 1.66. The van der Waals surface area contributed by atoms with Crippen LogP contribution in [0, 0.1) is 0 Å². The van der Waals surface area contributed by atoms with E-state index in [4.69, 9.17) is 10.2 Å². The molecule has 0 heterocycles. The first kappa shape index (κ1) is 28.7. The summed E-state index contributed by atoms with van der Waals surface area (Å²) in [5.41, 5.74) is 0. The van der Waals surface area contributed by atoms with Gasteiger partial charge < -0.3 is 15.5 Å². The highest BCUT2D eigenvalue weighted by Gasteiger charge is 2.87. The number of rotatable bonds is 10. The first-order chi connectivity index (χ1) is 13.5. The number of allylic oxidation sites excluding steroid dienone is 1. The number of aliphatic carboxylic acids is 2. The van der Waals surface area contributed by atoms with Crippen LogP contribution in [0.4, 0.5) is 48.3 Å². The minimum atomic E-state index is -7.77. The average Bonchev–Trinajstić information content (AvgIpc) is 2.54. The summed E-state index contributed by atoms with van der Waals surface area (Å²) < 4.78 is 144. The fraction of sp³-hybridized carbons (Fsp3) is 0.615. The van der Waals surface area contributed by atoms with Crippen molar-refractivity contribution in [1.29, 1.82) is 0 Å². The van der Waals surface area contributed by atoms with E-state index in [1.165, 1.54) is 0 Å². The van der Waals surface area contributed by atoms with Crippen molar-refractivity contribution in [1.82, 2.24) is 5.32 Å². The molecular formula is C13H10F11NO5S. The van der Waals surface area contributed by atoms with Crippen molar-refractivity contribution in [2.24, 2.45) is 0 Å². The van der Waals surface area contributed by atoms with Gasteiger partial charge >= 0.3 is 41.8 Å². The van der Waals surface area contributed by atoms with Crippen molar-refractivity contribution in [3.63, 3.8) is 0 Å². The van der Waals surface area contributed by atoms with Crippen LogP contribution in [-0.2, 0) is 14.4 Å². The van der Waals surface area contributed by atoms with Crippen LogP contribution in [0.5, 0.6) is 0 Å². The molecule has 0 bridgehead atoms. The average molecular weight is 501 g/mol. The van der Waals surface area contributed by atoms with E-state index >= 15 is 0 Å². The van der Waals surface area contributed by atoms with E-state index in [0.29, 0.717) is 6.92 Å². The quantitative estimate of drug-likeness (QED) is 0.314. The number of hydrogen-bond acceptors (Lipinski definition) is 4. The summed E-state index contributed by atoms with van der Waals surface area (Å²) in [6.45, 7) is 0.705. The van der Waals surface area contributed by atoms with Crippen molar-refractivity contribution in [2.75, 3.05) is 5.75 Å². The maximum Gasteiger partial charge on any atom is 0.460 e. The monoisotopic (exact) mass is 501 g/mol. The van der Waals surface area contributed by atoms with Gasteiger partial charge in [0.25, 0.3) is 0 Å². The van der Waals surface area contributed by atoms with Gasteiger partial charge in [-0.15, -0.1) is 11.8 Å². The number of carbonyl (C=O) groups excluding carboxylic acids is 1. The molecule has 0 radical (unpaired) electrons. The number of carboxylic acids is 2. The van der Waals surface area contributed by atoms with Crippen LogP contribution in [0.1, 0.15) is 6.92 Å². The Kier molecular flexibility index (Phi) is 8.41. The molecule has 0 aliphatic rings. The number of alkyl halides is 11. The number of thioether (sulfide) groups is 1. The largest absolute Gasteiger partial charge is 0.480 e. The lowest BCUT2D eigenvalue weighted by atomic mass is 9.97. The Hall–Kier alpha value is -2.27. The summed E-state index contributed by atoms with van der Waals surface area (Å²) >= 11 is -0.908. The first-order valence-corrected chi connectivity index (χ1v) is 8.18. The summed E-state index contributed by atoms with van der Waals surface area (Å²) in [7, 11) is 0. The van der Waals surface area contributed by atoms with Crippen molar-refractivity contribution >= 4 is 29.6 Å². The predicted molar refractivity (Wildman–Crippen MR) is 79.3 cm³/mol. The van der Waals surface area contributed by atoms with Gasteiger partial charge in [-0.2, -0.15) is 48.3 Å². The summed E-state index contributed by atoms with van der Waals surface area (Å²) in [4.78, 5) is 29.6. The number of hydrogen-bond donors (Lipinski definition) is 3. The molecule has 1 amide bonds. The highest BCUT2D eigenvalue weighted by molar-refractivity contribution is 8.03. The number of nitrogens with one attached hydrogen (secondary N) is 1. The van der Waals surface area contributed by atoms with Crippen LogP contribution in [0.3, 0.4) is 0 Å². The molecule has 0 saturated heterocycles. The Labute approximate surface area is 168 Å². The predicted octanol–water partition coefficient (Wildman–Crippen LogP) is 3.38. The van der Waals surface area contributed by atoms with E-state index in [2.05, 4.69) is 0 Å². The SMILES string of the molecule is CC(=O)NC(CS/C(=C\C(=O)O)C(F)(F)C(F)(F)C(F)(F)C(F)(F)C(F)(F)F)C(=O)O. The Bertz CT molecular complexity index is 751. The van der Waals surface area contributed by atoms with E-state index in [1.54, 1.807) is 5.32 Å². The highest BCUT2D eigenvalue weighted by atomic mass is 32.2. The van der Waals surface area contributed by atoms with E-state index in [1.807, 2.05) is 0 Å². The van der Waals surface area contributed by atoms with Gasteiger partial charge in [-0.25, -0.2) is 9.59 Å². The van der Waals surface area contributed by atoms with E-state index < -0.39 is 82.2 Å².